The molecule has 4 nitrogen and oxygen atoms in total. The fourth-order valence-corrected chi connectivity index (χ4v) is 0. The zero-order valence-electron chi connectivity index (χ0n) is 6.20. The van der Waals surface area contributed by atoms with Gasteiger partial charge in [-0.05, 0) is 0 Å². The van der Waals surface area contributed by atoms with Crippen molar-refractivity contribution in [1.29, 1.82) is 0 Å². The molecule has 0 rings (SSSR count). The van der Waals surface area contributed by atoms with Gasteiger partial charge < -0.3 is 54.5 Å². The second-order valence-electron chi connectivity index (χ2n) is 0. The predicted molar refractivity (Wildman–Crippen MR) is 45.5 cm³/mol. The maximum Gasteiger partial charge on any atom is 3.00 e. The minimum Gasteiger partial charge on any atom is -0.605 e. The van der Waals surface area contributed by atoms with Gasteiger partial charge in [0.15, 0.2) is 0 Å². The molecule has 0 amide bonds. The van der Waals surface area contributed by atoms with Crippen LogP contribution in [0.4, 0.5) is 0 Å². The van der Waals surface area contributed by atoms with Gasteiger partial charge in [0, 0.05) is 0 Å². The molecule has 0 aliphatic rings. The summed E-state index contributed by atoms with van der Waals surface area (Å²) in [6.45, 7) is 0. The van der Waals surface area contributed by atoms with Crippen LogP contribution in [0.3, 0.4) is 0 Å². The van der Waals surface area contributed by atoms with Gasteiger partial charge in [-0.25, -0.2) is 0 Å². The molecule has 0 aromatic heterocycles. The molecular weight excluding hydrogens is 133 g/mol. The molecular formula is H8AlB4LiN4. The molecule has 44 valence electrons. The Kier molecular flexibility index (Phi) is 2480. The minimum atomic E-state index is 0. The van der Waals surface area contributed by atoms with Gasteiger partial charge in [0.2, 0.25) is 0 Å². The van der Waals surface area contributed by atoms with E-state index < -0.39 is 0 Å². The Hall–Kier alpha value is 1.23. The van der Waals surface area contributed by atoms with Gasteiger partial charge in [-0.15, -0.1) is 0 Å². The van der Waals surface area contributed by atoms with E-state index in [9.17, 15) is 0 Å². The number of hydrogen-bond acceptors (Lipinski definition) is 4. The first kappa shape index (κ1) is 43.0. The first-order valence-corrected chi connectivity index (χ1v) is 1.33. The first-order valence-electron chi connectivity index (χ1n) is 1.33. The van der Waals surface area contributed by atoms with Crippen molar-refractivity contribution in [3.05, 3.63) is 0 Å². The Balaban J connectivity index is -0.00000000500. The first-order chi connectivity index (χ1) is 4.00. The molecule has 0 saturated carbocycles. The Morgan fingerprint density at radius 3 is 0.500 bits per heavy atom. The second kappa shape index (κ2) is 576. The van der Waals surface area contributed by atoms with Crippen molar-refractivity contribution in [2.45, 2.75) is 0 Å². The van der Waals surface area contributed by atoms with E-state index in [0.29, 0.717) is 0 Å². The van der Waals surface area contributed by atoms with Crippen molar-refractivity contribution in [3.8, 4) is 0 Å². The third kappa shape index (κ3) is 413. The largest absolute Gasteiger partial charge is 3.00 e. The van der Waals surface area contributed by atoms with Crippen LogP contribution in [0.5, 0.6) is 0 Å². The summed E-state index contributed by atoms with van der Waals surface area (Å²) in [7, 11) is 16.0. The van der Waals surface area contributed by atoms with Crippen molar-refractivity contribution in [3.63, 3.8) is 0 Å². The molecule has 12 radical (unpaired) electrons. The van der Waals surface area contributed by atoms with Crippen LogP contribution in [0.1, 0.15) is 0 Å². The van der Waals surface area contributed by atoms with Crippen LogP contribution in [0.15, 0.2) is 0 Å². The number of nitrogens with two attached hydrogens (primary N) is 4. The molecule has 0 aliphatic carbocycles. The van der Waals surface area contributed by atoms with Crippen molar-refractivity contribution < 1.29 is 18.9 Å². The van der Waals surface area contributed by atoms with Crippen LogP contribution in [-0.2, 0) is 0 Å². The Bertz CT molecular complexity index is 17.2. The van der Waals surface area contributed by atoms with Gasteiger partial charge in [0.1, 0.15) is 0 Å². The van der Waals surface area contributed by atoms with E-state index in [1.54, 1.807) is 0 Å². The van der Waals surface area contributed by atoms with E-state index in [4.69, 9.17) is 0 Å². The zero-order valence-corrected chi connectivity index (χ0v) is 7.35. The average Bonchev–Trinajstić information content (AvgIpc) is 2.03. The average molecular weight is 141 g/mol. The van der Waals surface area contributed by atoms with E-state index in [1.807, 2.05) is 0 Å². The monoisotopic (exact) mass is 142 g/mol. The van der Waals surface area contributed by atoms with Crippen LogP contribution in [0.25, 0.3) is 0 Å². The smallest absolute Gasteiger partial charge is 0.605 e. The normalized spacial score (nSPS) is 2.40. The molecule has 0 fully saturated rings. The standard InChI is InChI=1S/Al.4BH2N.Li/c;4*1-2;/h;4*2H2;/q+3;4*-1;+1. The summed E-state index contributed by atoms with van der Waals surface area (Å²) < 4.78 is 0. The number of hydrogen-bond donors (Lipinski definition) is 4. The van der Waals surface area contributed by atoms with Crippen LogP contribution < -0.4 is 41.4 Å². The fraction of sp³-hybridized carbons (Fsp3) is 0. The Morgan fingerprint density at radius 1 is 0.500 bits per heavy atom. The quantitative estimate of drug-likeness (QED) is 0.252. The molecule has 0 heterocycles. The SMILES string of the molecule is [Al+3].[B-]N.[B-]N.[B-]N.[B-]N.[Li+]. The van der Waals surface area contributed by atoms with Crippen molar-refractivity contribution in [1.82, 2.24) is 0 Å². The minimum absolute atomic E-state index is 0. The molecule has 0 unspecified atom stereocenters. The summed E-state index contributed by atoms with van der Waals surface area (Å²) in [5, 5.41) is 0. The Morgan fingerprint density at radius 2 is 0.500 bits per heavy atom. The summed E-state index contributed by atoms with van der Waals surface area (Å²) >= 11 is 0. The van der Waals surface area contributed by atoms with E-state index in [-0.39, 0.29) is 36.2 Å². The van der Waals surface area contributed by atoms with Crippen LogP contribution in [-0.4, -0.2) is 49.3 Å². The molecule has 10 heavy (non-hydrogen) atoms. The van der Waals surface area contributed by atoms with Gasteiger partial charge in [-0.3, -0.25) is 0 Å². The number of rotatable bonds is 0. The van der Waals surface area contributed by atoms with Crippen molar-refractivity contribution in [2.75, 3.05) is 0 Å². The molecule has 0 spiro atoms. The van der Waals surface area contributed by atoms with Crippen LogP contribution in [0, 0.1) is 0 Å². The van der Waals surface area contributed by atoms with Gasteiger partial charge in [-0.2, -0.15) is 0 Å². The van der Waals surface area contributed by atoms with Crippen LogP contribution >= 0.6 is 0 Å². The molecule has 0 aliphatic heterocycles. The predicted octanol–water partition coefficient (Wildman–Crippen LogP) is -7.26. The van der Waals surface area contributed by atoms with Crippen molar-refractivity contribution in [2.24, 2.45) is 22.6 Å². The molecule has 0 atom stereocenters. The summed E-state index contributed by atoms with van der Waals surface area (Å²) in [4.78, 5) is 0. The third-order valence-electron chi connectivity index (χ3n) is 0. The molecule has 8 N–H and O–H groups in total. The summed E-state index contributed by atoms with van der Waals surface area (Å²) in [5.41, 5.74) is 16.0. The molecule has 0 aromatic rings. The topological polar surface area (TPSA) is 104 Å². The fourth-order valence-electron chi connectivity index (χ4n) is 0. The van der Waals surface area contributed by atoms with E-state index in [2.05, 4.69) is 54.5 Å². The molecule has 0 bridgehead atoms. The van der Waals surface area contributed by atoms with Crippen molar-refractivity contribution >= 4 is 49.3 Å². The van der Waals surface area contributed by atoms with Gasteiger partial charge in [-0.1, -0.05) is 0 Å². The summed E-state index contributed by atoms with van der Waals surface area (Å²) in [5.74, 6) is 0. The van der Waals surface area contributed by atoms with Gasteiger partial charge in [0.25, 0.3) is 0 Å². The molecule has 10 heteroatoms. The van der Waals surface area contributed by atoms with Gasteiger partial charge in [0.05, 0.1) is 0 Å². The maximum atomic E-state index is 4.00. The van der Waals surface area contributed by atoms with Crippen LogP contribution in [0.2, 0.25) is 0 Å². The molecule has 0 aromatic carbocycles. The summed E-state index contributed by atoms with van der Waals surface area (Å²) in [6.07, 6.45) is 0. The van der Waals surface area contributed by atoms with E-state index in [0.717, 1.165) is 0 Å². The zero-order chi connectivity index (χ0) is 8.00. The second-order valence-corrected chi connectivity index (χ2v) is 0. The Labute approximate surface area is 90.6 Å². The van der Waals surface area contributed by atoms with Gasteiger partial charge >= 0.3 is 36.2 Å². The van der Waals surface area contributed by atoms with E-state index in [1.165, 1.54) is 0 Å². The maximum absolute atomic E-state index is 4.00. The van der Waals surface area contributed by atoms with E-state index >= 15 is 0 Å². The third-order valence-corrected chi connectivity index (χ3v) is 0. The summed E-state index contributed by atoms with van der Waals surface area (Å²) in [6, 6.07) is 0. The molecule has 0 saturated heterocycles.